The predicted molar refractivity (Wildman–Crippen MR) is 109 cm³/mol. The molecule has 3 nitrogen and oxygen atoms in total. The van der Waals surface area contributed by atoms with Crippen molar-refractivity contribution in [1.82, 2.24) is 9.78 Å². The molecule has 4 aliphatic carbocycles. The van der Waals surface area contributed by atoms with E-state index in [0.29, 0.717) is 11.3 Å². The van der Waals surface area contributed by atoms with Crippen molar-refractivity contribution in [1.29, 1.82) is 0 Å². The second kappa shape index (κ2) is 6.20. The molecular formula is C24H36N2O. The Morgan fingerprint density at radius 3 is 2.70 bits per heavy atom. The molecule has 4 fully saturated rings. The van der Waals surface area contributed by atoms with E-state index in [4.69, 9.17) is 0 Å². The molecular weight excluding hydrogens is 332 g/mol. The number of nitrogens with zero attached hydrogens (tertiary/aromatic N) is 2. The molecule has 0 aromatic carbocycles. The van der Waals surface area contributed by atoms with Crippen LogP contribution in [0, 0.1) is 34.5 Å². The minimum Gasteiger partial charge on any atom is -0.388 e. The third-order valence-corrected chi connectivity index (χ3v) is 9.64. The Morgan fingerprint density at radius 1 is 1.07 bits per heavy atom. The Kier molecular flexibility index (Phi) is 4.13. The maximum Gasteiger partial charge on any atom is 0.0810 e. The van der Waals surface area contributed by atoms with Gasteiger partial charge in [-0.3, -0.25) is 4.68 Å². The Labute approximate surface area is 164 Å². The molecule has 1 N–H and O–H groups in total. The van der Waals surface area contributed by atoms with Crippen molar-refractivity contribution in [2.75, 3.05) is 0 Å². The summed E-state index contributed by atoms with van der Waals surface area (Å²) in [7, 11) is 1.99. The fraction of sp³-hybridized carbons (Fsp3) is 0.792. The summed E-state index contributed by atoms with van der Waals surface area (Å²) in [6.07, 6.45) is 16.1. The van der Waals surface area contributed by atoms with Crippen LogP contribution in [0.4, 0.5) is 0 Å². The summed E-state index contributed by atoms with van der Waals surface area (Å²) in [6.45, 7) is 5.02. The van der Waals surface area contributed by atoms with Crippen molar-refractivity contribution in [3.63, 3.8) is 0 Å². The van der Waals surface area contributed by atoms with Crippen LogP contribution in [0.2, 0.25) is 0 Å². The van der Waals surface area contributed by atoms with Crippen LogP contribution >= 0.6 is 0 Å². The van der Waals surface area contributed by atoms with E-state index in [-0.39, 0.29) is 11.5 Å². The molecule has 7 atom stereocenters. The summed E-state index contributed by atoms with van der Waals surface area (Å²) >= 11 is 0. The van der Waals surface area contributed by atoms with Gasteiger partial charge >= 0.3 is 0 Å². The van der Waals surface area contributed by atoms with Crippen LogP contribution in [0.1, 0.15) is 77.3 Å². The average Bonchev–Trinajstić information content (AvgIpc) is 3.17. The molecule has 0 bridgehead atoms. The fourth-order valence-electron chi connectivity index (χ4n) is 8.01. The van der Waals surface area contributed by atoms with Gasteiger partial charge in [-0.2, -0.15) is 5.10 Å². The zero-order chi connectivity index (χ0) is 18.8. The van der Waals surface area contributed by atoms with Crippen LogP contribution in [0.5, 0.6) is 0 Å². The van der Waals surface area contributed by atoms with Crippen molar-refractivity contribution in [3.8, 4) is 0 Å². The van der Waals surface area contributed by atoms with Crippen LogP contribution in [-0.2, 0) is 7.05 Å². The molecule has 4 aliphatic rings. The number of aliphatic hydroxyl groups excluding tert-OH is 1. The first-order valence-corrected chi connectivity index (χ1v) is 11.3. The van der Waals surface area contributed by atoms with E-state index >= 15 is 0 Å². The molecule has 0 spiro atoms. The molecule has 4 saturated carbocycles. The quantitative estimate of drug-likeness (QED) is 0.739. The van der Waals surface area contributed by atoms with Crippen LogP contribution in [0.15, 0.2) is 17.8 Å². The Balaban J connectivity index is 1.47. The van der Waals surface area contributed by atoms with Gasteiger partial charge in [0, 0.05) is 18.7 Å². The number of aryl methyl sites for hydroxylation is 1. The van der Waals surface area contributed by atoms with Crippen LogP contribution in [-0.4, -0.2) is 21.0 Å². The number of aromatic nitrogens is 2. The smallest absolute Gasteiger partial charge is 0.0810 e. The van der Waals surface area contributed by atoms with Gasteiger partial charge in [0.1, 0.15) is 0 Å². The lowest BCUT2D eigenvalue weighted by molar-refractivity contribution is -0.119. The van der Waals surface area contributed by atoms with E-state index in [1.54, 1.807) is 0 Å². The van der Waals surface area contributed by atoms with Crippen LogP contribution in [0.3, 0.4) is 0 Å². The van der Waals surface area contributed by atoms with Gasteiger partial charge in [0.15, 0.2) is 0 Å². The van der Waals surface area contributed by atoms with E-state index in [1.165, 1.54) is 56.9 Å². The topological polar surface area (TPSA) is 38.0 Å². The molecule has 0 saturated heterocycles. The molecule has 5 rings (SSSR count). The highest BCUT2D eigenvalue weighted by atomic mass is 16.3. The number of hydrogen-bond donors (Lipinski definition) is 1. The van der Waals surface area contributed by atoms with Gasteiger partial charge < -0.3 is 5.11 Å². The minimum atomic E-state index is -0.282. The maximum atomic E-state index is 11.3. The van der Waals surface area contributed by atoms with Gasteiger partial charge in [0.2, 0.25) is 0 Å². The lowest BCUT2D eigenvalue weighted by atomic mass is 9.45. The van der Waals surface area contributed by atoms with Crippen molar-refractivity contribution >= 4 is 6.08 Å². The Hall–Kier alpha value is -1.09. The number of hydrogen-bond acceptors (Lipinski definition) is 2. The second-order valence-corrected chi connectivity index (χ2v) is 10.7. The highest BCUT2D eigenvalue weighted by Gasteiger charge is 2.60. The first-order valence-electron chi connectivity index (χ1n) is 11.3. The Bertz CT molecular complexity index is 751. The van der Waals surface area contributed by atoms with E-state index in [1.807, 2.05) is 17.9 Å². The molecule has 27 heavy (non-hydrogen) atoms. The fourth-order valence-corrected chi connectivity index (χ4v) is 8.01. The van der Waals surface area contributed by atoms with Gasteiger partial charge in [0.25, 0.3) is 0 Å². The van der Waals surface area contributed by atoms with E-state index in [2.05, 4.69) is 31.1 Å². The first-order chi connectivity index (χ1) is 12.9. The van der Waals surface area contributed by atoms with Crippen LogP contribution in [0.25, 0.3) is 6.08 Å². The third kappa shape index (κ3) is 2.53. The van der Waals surface area contributed by atoms with Gasteiger partial charge in [-0.1, -0.05) is 26.7 Å². The summed E-state index contributed by atoms with van der Waals surface area (Å²) in [5.74, 6) is 3.33. The molecule has 148 valence electrons. The molecule has 0 aliphatic heterocycles. The lowest BCUT2D eigenvalue weighted by Gasteiger charge is -2.60. The standard InChI is InChI=1S/C24H36N2O/c1-23-11-5-4-6-17(23)7-8-19-20(23)9-12-24(2)21(19)15-16(22(24)27)14-18-10-13-25-26(18)3/h10,13-14,17,19-22,27H,4-9,11-12,15H2,1-3H3/b16-14+/t17-,19+,20-,21-,22+,23+,24-/m1/s1. The monoisotopic (exact) mass is 368 g/mol. The van der Waals surface area contributed by atoms with Crippen molar-refractivity contribution < 1.29 is 5.11 Å². The van der Waals surface area contributed by atoms with E-state index in [0.717, 1.165) is 29.9 Å². The van der Waals surface area contributed by atoms with Gasteiger partial charge in [-0.15, -0.1) is 0 Å². The molecule has 3 heteroatoms. The summed E-state index contributed by atoms with van der Waals surface area (Å²) in [5.41, 5.74) is 3.01. The second-order valence-electron chi connectivity index (χ2n) is 10.7. The summed E-state index contributed by atoms with van der Waals surface area (Å²) in [5, 5.41) is 15.6. The molecule has 0 amide bonds. The molecule has 1 aromatic rings. The zero-order valence-electron chi connectivity index (χ0n) is 17.3. The van der Waals surface area contributed by atoms with Gasteiger partial charge in [-0.25, -0.2) is 0 Å². The van der Waals surface area contributed by atoms with Crippen LogP contribution < -0.4 is 0 Å². The average molecular weight is 369 g/mol. The number of fused-ring (bicyclic) bond motifs is 5. The highest BCUT2D eigenvalue weighted by molar-refractivity contribution is 5.52. The SMILES string of the molecule is Cn1nccc1/C=C1\C[C@@H]2[C@H]3CC[C@H]4CCCC[C@]4(C)[C@@H]3CC[C@@]2(C)[C@H]1O. The number of aliphatic hydroxyl groups is 1. The van der Waals surface area contributed by atoms with Crippen molar-refractivity contribution in [2.24, 2.45) is 41.5 Å². The summed E-state index contributed by atoms with van der Waals surface area (Å²) < 4.78 is 1.92. The molecule has 0 unspecified atom stereocenters. The van der Waals surface area contributed by atoms with E-state index < -0.39 is 0 Å². The van der Waals surface area contributed by atoms with Crippen molar-refractivity contribution in [2.45, 2.75) is 77.7 Å². The Morgan fingerprint density at radius 2 is 1.93 bits per heavy atom. The zero-order valence-corrected chi connectivity index (χ0v) is 17.3. The molecule has 0 radical (unpaired) electrons. The first kappa shape index (κ1) is 18.0. The number of rotatable bonds is 1. The highest BCUT2D eigenvalue weighted by Crippen LogP contribution is 2.66. The van der Waals surface area contributed by atoms with Gasteiger partial charge in [0.05, 0.1) is 11.8 Å². The molecule has 1 aromatic heterocycles. The minimum absolute atomic E-state index is 0.0729. The van der Waals surface area contributed by atoms with Crippen molar-refractivity contribution in [3.05, 3.63) is 23.5 Å². The lowest BCUT2D eigenvalue weighted by Crippen LogP contribution is -2.53. The van der Waals surface area contributed by atoms with E-state index in [9.17, 15) is 5.11 Å². The normalized spacial score (nSPS) is 48.1. The third-order valence-electron chi connectivity index (χ3n) is 9.64. The van der Waals surface area contributed by atoms with Gasteiger partial charge in [-0.05, 0) is 91.7 Å². The summed E-state index contributed by atoms with van der Waals surface area (Å²) in [4.78, 5) is 0. The maximum absolute atomic E-state index is 11.3. The molecule has 1 heterocycles. The predicted octanol–water partition coefficient (Wildman–Crippen LogP) is 5.21. The summed E-state index contributed by atoms with van der Waals surface area (Å²) in [6, 6.07) is 2.06. The largest absolute Gasteiger partial charge is 0.388 e.